The Morgan fingerprint density at radius 3 is 2.43 bits per heavy atom. The van der Waals surface area contributed by atoms with Gasteiger partial charge in [-0.05, 0) is 50.0 Å². The Morgan fingerprint density at radius 1 is 1.10 bits per heavy atom. The molecule has 1 aliphatic heterocycles. The van der Waals surface area contributed by atoms with Gasteiger partial charge in [-0.1, -0.05) is 30.3 Å². The molecule has 2 fully saturated rings. The molecule has 1 saturated heterocycles. The number of rotatable bonds is 3. The quantitative estimate of drug-likeness (QED) is 0.853. The molecule has 1 unspecified atom stereocenters. The minimum Gasteiger partial charge on any atom is -0.368 e. The number of carbonyl (C=O) groups excluding carboxylic acids is 1. The first-order valence-corrected chi connectivity index (χ1v) is 8.19. The lowest BCUT2D eigenvalue weighted by Crippen LogP contribution is -2.44. The minimum atomic E-state index is -0.179. The topological polar surface area (TPSA) is 29.5 Å². The SMILES string of the molecule is CN(C(=O)C1CCCO1)C1CCC(c2ccccc2)CC1. The molecule has 114 valence electrons. The van der Waals surface area contributed by atoms with E-state index in [1.165, 1.54) is 18.4 Å². The molecule has 1 heterocycles. The van der Waals surface area contributed by atoms with E-state index in [4.69, 9.17) is 4.74 Å². The number of amides is 1. The molecular weight excluding hydrogens is 262 g/mol. The Labute approximate surface area is 127 Å². The summed E-state index contributed by atoms with van der Waals surface area (Å²) in [4.78, 5) is 14.4. The third-order valence-corrected chi connectivity index (χ3v) is 5.07. The molecule has 0 aromatic heterocycles. The molecule has 3 rings (SSSR count). The van der Waals surface area contributed by atoms with Gasteiger partial charge in [-0.3, -0.25) is 4.79 Å². The summed E-state index contributed by atoms with van der Waals surface area (Å²) in [5, 5.41) is 0. The second kappa shape index (κ2) is 6.61. The van der Waals surface area contributed by atoms with E-state index in [1.54, 1.807) is 0 Å². The van der Waals surface area contributed by atoms with Crippen molar-refractivity contribution in [2.75, 3.05) is 13.7 Å². The van der Waals surface area contributed by atoms with Crippen LogP contribution in [0.3, 0.4) is 0 Å². The number of nitrogens with zero attached hydrogens (tertiary/aromatic N) is 1. The van der Waals surface area contributed by atoms with Gasteiger partial charge in [-0.15, -0.1) is 0 Å². The Kier molecular flexibility index (Phi) is 4.59. The molecule has 21 heavy (non-hydrogen) atoms. The molecule has 0 spiro atoms. The van der Waals surface area contributed by atoms with Gasteiger partial charge in [0.15, 0.2) is 0 Å². The predicted molar refractivity (Wildman–Crippen MR) is 83.2 cm³/mol. The van der Waals surface area contributed by atoms with Crippen LogP contribution in [0, 0.1) is 0 Å². The van der Waals surface area contributed by atoms with Crippen LogP contribution in [0.1, 0.15) is 50.0 Å². The maximum atomic E-state index is 12.4. The maximum absolute atomic E-state index is 12.4. The van der Waals surface area contributed by atoms with Gasteiger partial charge >= 0.3 is 0 Å². The standard InChI is InChI=1S/C18H25NO2/c1-19(18(20)17-8-5-13-21-17)16-11-9-15(10-12-16)14-6-3-2-4-7-14/h2-4,6-7,15-17H,5,8-13H2,1H3. The zero-order valence-corrected chi connectivity index (χ0v) is 12.8. The van der Waals surface area contributed by atoms with Crippen LogP contribution < -0.4 is 0 Å². The normalized spacial score (nSPS) is 29.3. The van der Waals surface area contributed by atoms with E-state index in [0.717, 1.165) is 32.3 Å². The van der Waals surface area contributed by atoms with Gasteiger partial charge < -0.3 is 9.64 Å². The first kappa shape index (κ1) is 14.6. The van der Waals surface area contributed by atoms with Crippen LogP contribution in [0.2, 0.25) is 0 Å². The van der Waals surface area contributed by atoms with Gasteiger partial charge in [0.05, 0.1) is 0 Å². The van der Waals surface area contributed by atoms with E-state index in [0.29, 0.717) is 12.0 Å². The largest absolute Gasteiger partial charge is 0.368 e. The third kappa shape index (κ3) is 3.29. The molecule has 1 atom stereocenters. The van der Waals surface area contributed by atoms with Gasteiger partial charge in [0.2, 0.25) is 0 Å². The summed E-state index contributed by atoms with van der Waals surface area (Å²) in [7, 11) is 1.96. The molecule has 0 N–H and O–H groups in total. The van der Waals surface area contributed by atoms with Crippen molar-refractivity contribution < 1.29 is 9.53 Å². The van der Waals surface area contributed by atoms with Crippen LogP contribution in [-0.4, -0.2) is 36.6 Å². The molecule has 2 aliphatic rings. The summed E-state index contributed by atoms with van der Waals surface area (Å²) in [6, 6.07) is 11.2. The monoisotopic (exact) mass is 287 g/mol. The van der Waals surface area contributed by atoms with Crippen LogP contribution in [0.4, 0.5) is 0 Å². The van der Waals surface area contributed by atoms with Gasteiger partial charge in [-0.25, -0.2) is 0 Å². The summed E-state index contributed by atoms with van der Waals surface area (Å²) in [6.07, 6.45) is 6.30. The van der Waals surface area contributed by atoms with Crippen LogP contribution in [0.25, 0.3) is 0 Å². The first-order chi connectivity index (χ1) is 10.3. The van der Waals surface area contributed by atoms with Gasteiger partial charge in [0.25, 0.3) is 5.91 Å². The number of ether oxygens (including phenoxy) is 1. The van der Waals surface area contributed by atoms with Crippen LogP contribution in [0.15, 0.2) is 30.3 Å². The van der Waals surface area contributed by atoms with E-state index in [2.05, 4.69) is 30.3 Å². The van der Waals surface area contributed by atoms with Crippen molar-refractivity contribution in [2.24, 2.45) is 0 Å². The maximum Gasteiger partial charge on any atom is 0.251 e. The van der Waals surface area contributed by atoms with Crippen molar-refractivity contribution in [3.05, 3.63) is 35.9 Å². The van der Waals surface area contributed by atoms with Gasteiger partial charge in [0.1, 0.15) is 6.10 Å². The number of hydrogen-bond donors (Lipinski definition) is 0. The average molecular weight is 287 g/mol. The van der Waals surface area contributed by atoms with E-state index in [9.17, 15) is 4.79 Å². The molecule has 1 aliphatic carbocycles. The van der Waals surface area contributed by atoms with Crippen molar-refractivity contribution >= 4 is 5.91 Å². The fourth-order valence-corrected chi connectivity index (χ4v) is 3.70. The second-order valence-electron chi connectivity index (χ2n) is 6.37. The van der Waals surface area contributed by atoms with Crippen molar-refractivity contribution in [1.29, 1.82) is 0 Å². The molecule has 1 aromatic rings. The summed E-state index contributed by atoms with van der Waals surface area (Å²) < 4.78 is 5.53. The zero-order valence-electron chi connectivity index (χ0n) is 12.8. The third-order valence-electron chi connectivity index (χ3n) is 5.07. The number of likely N-dealkylation sites (N-methyl/N-ethyl adjacent to an activating group) is 1. The Morgan fingerprint density at radius 2 is 1.81 bits per heavy atom. The molecular formula is C18H25NO2. The predicted octanol–water partition coefficient (Wildman–Crippen LogP) is 3.35. The Hall–Kier alpha value is -1.35. The summed E-state index contributed by atoms with van der Waals surface area (Å²) in [5.41, 5.74) is 1.45. The molecule has 1 amide bonds. The lowest BCUT2D eigenvalue weighted by Gasteiger charge is -2.35. The molecule has 3 nitrogen and oxygen atoms in total. The lowest BCUT2D eigenvalue weighted by molar-refractivity contribution is -0.142. The van der Waals surface area contributed by atoms with E-state index >= 15 is 0 Å². The fraction of sp³-hybridized carbons (Fsp3) is 0.611. The zero-order chi connectivity index (χ0) is 14.7. The van der Waals surface area contributed by atoms with Crippen molar-refractivity contribution in [3.63, 3.8) is 0 Å². The molecule has 0 radical (unpaired) electrons. The Bertz CT molecular complexity index is 459. The summed E-state index contributed by atoms with van der Waals surface area (Å²) in [5.74, 6) is 0.851. The second-order valence-corrected chi connectivity index (χ2v) is 6.37. The molecule has 3 heteroatoms. The fourth-order valence-electron chi connectivity index (χ4n) is 3.70. The number of hydrogen-bond acceptors (Lipinski definition) is 2. The molecule has 1 aromatic carbocycles. The van der Waals surface area contributed by atoms with E-state index in [1.807, 2.05) is 11.9 Å². The van der Waals surface area contributed by atoms with E-state index in [-0.39, 0.29) is 12.0 Å². The average Bonchev–Trinajstić information content (AvgIpc) is 3.09. The van der Waals surface area contributed by atoms with Crippen molar-refractivity contribution in [2.45, 2.75) is 56.6 Å². The molecule has 1 saturated carbocycles. The summed E-state index contributed by atoms with van der Waals surface area (Å²) >= 11 is 0. The number of carbonyl (C=O) groups is 1. The summed E-state index contributed by atoms with van der Waals surface area (Å²) in [6.45, 7) is 0.741. The highest BCUT2D eigenvalue weighted by Crippen LogP contribution is 2.34. The number of benzene rings is 1. The Balaban J connectivity index is 1.54. The smallest absolute Gasteiger partial charge is 0.251 e. The van der Waals surface area contributed by atoms with Crippen LogP contribution in [0.5, 0.6) is 0 Å². The van der Waals surface area contributed by atoms with E-state index < -0.39 is 0 Å². The lowest BCUT2D eigenvalue weighted by atomic mass is 9.81. The molecule has 0 bridgehead atoms. The highest BCUT2D eigenvalue weighted by molar-refractivity contribution is 5.81. The first-order valence-electron chi connectivity index (χ1n) is 8.19. The van der Waals surface area contributed by atoms with Crippen LogP contribution >= 0.6 is 0 Å². The van der Waals surface area contributed by atoms with Crippen LogP contribution in [-0.2, 0) is 9.53 Å². The van der Waals surface area contributed by atoms with Gasteiger partial charge in [0, 0.05) is 19.7 Å². The van der Waals surface area contributed by atoms with Gasteiger partial charge in [-0.2, -0.15) is 0 Å². The van der Waals surface area contributed by atoms with Crippen molar-refractivity contribution in [3.8, 4) is 0 Å². The minimum absolute atomic E-state index is 0.179. The highest BCUT2D eigenvalue weighted by atomic mass is 16.5. The van der Waals surface area contributed by atoms with Crippen molar-refractivity contribution in [1.82, 2.24) is 4.90 Å². The highest BCUT2D eigenvalue weighted by Gasteiger charge is 2.32.